The van der Waals surface area contributed by atoms with E-state index in [0.717, 1.165) is 11.1 Å². The lowest BCUT2D eigenvalue weighted by molar-refractivity contribution is 0.414. The molecule has 62 valence electrons. The second-order valence-corrected chi connectivity index (χ2v) is 2.55. The zero-order valence-electron chi connectivity index (χ0n) is 6.21. The van der Waals surface area contributed by atoms with Crippen molar-refractivity contribution < 1.29 is 4.74 Å². The van der Waals surface area contributed by atoms with Crippen molar-refractivity contribution in [3.8, 4) is 5.75 Å². The fraction of sp³-hybridized carbons (Fsp3) is 0.250. The van der Waals surface area contributed by atoms with E-state index in [-0.39, 0.29) is 17.0 Å². The van der Waals surface area contributed by atoms with E-state index in [1.165, 1.54) is 5.56 Å². The quantitative estimate of drug-likeness (QED) is 0.757. The van der Waals surface area contributed by atoms with Crippen molar-refractivity contribution in [1.82, 2.24) is 0 Å². The predicted molar refractivity (Wildman–Crippen MR) is 55.9 cm³/mol. The van der Waals surface area contributed by atoms with Crippen molar-refractivity contribution in [1.29, 1.82) is 0 Å². The average Bonchev–Trinajstić information content (AvgIpc) is 2.05. The summed E-state index contributed by atoms with van der Waals surface area (Å²) in [4.78, 5) is 0. The molecular formula is C8H10Br2O. The predicted octanol–water partition coefficient (Wildman–Crippen LogP) is 3.17. The molecule has 3 heteroatoms. The lowest BCUT2D eigenvalue weighted by atomic mass is 10.2. The monoisotopic (exact) mass is 280 g/mol. The molecule has 1 rings (SSSR count). The van der Waals surface area contributed by atoms with Gasteiger partial charge in [-0.25, -0.2) is 0 Å². The van der Waals surface area contributed by atoms with E-state index in [0.29, 0.717) is 0 Å². The van der Waals surface area contributed by atoms with Crippen LogP contribution in [0.2, 0.25) is 0 Å². The van der Waals surface area contributed by atoms with E-state index in [1.54, 1.807) is 7.11 Å². The first kappa shape index (κ1) is 11.0. The van der Waals surface area contributed by atoms with Crippen LogP contribution in [0.3, 0.4) is 0 Å². The molecule has 0 aliphatic carbocycles. The molecule has 0 amide bonds. The Bertz CT molecular complexity index is 194. The Morgan fingerprint density at radius 2 is 2.18 bits per heavy atom. The number of halogens is 2. The Morgan fingerprint density at radius 1 is 1.45 bits per heavy atom. The molecule has 0 saturated carbocycles. The molecule has 0 aromatic heterocycles. The number of rotatable bonds is 2. The molecule has 1 nitrogen and oxygen atoms in total. The third-order valence-electron chi connectivity index (χ3n) is 1.29. The van der Waals surface area contributed by atoms with Crippen molar-refractivity contribution in [3.63, 3.8) is 0 Å². The number of hydrogen-bond acceptors (Lipinski definition) is 1. The van der Waals surface area contributed by atoms with Crippen LogP contribution >= 0.6 is 32.9 Å². The summed E-state index contributed by atoms with van der Waals surface area (Å²) in [7, 11) is 1.67. The van der Waals surface area contributed by atoms with Crippen LogP contribution in [0, 0.1) is 0 Å². The van der Waals surface area contributed by atoms with E-state index in [4.69, 9.17) is 4.74 Å². The van der Waals surface area contributed by atoms with E-state index in [1.807, 2.05) is 18.2 Å². The molecular weight excluding hydrogens is 272 g/mol. The van der Waals surface area contributed by atoms with E-state index >= 15 is 0 Å². The second kappa shape index (κ2) is 5.61. The maximum atomic E-state index is 5.04. The summed E-state index contributed by atoms with van der Waals surface area (Å²) < 4.78 is 5.04. The third kappa shape index (κ3) is 3.25. The number of ether oxygens (including phenoxy) is 1. The van der Waals surface area contributed by atoms with Crippen molar-refractivity contribution >= 4 is 32.9 Å². The van der Waals surface area contributed by atoms with Crippen LogP contribution in [0.4, 0.5) is 0 Å². The SMILES string of the molecule is Br.COc1cccc(CBr)c1. The van der Waals surface area contributed by atoms with Crippen molar-refractivity contribution in [2.75, 3.05) is 7.11 Å². The molecule has 0 heterocycles. The minimum atomic E-state index is 0. The Morgan fingerprint density at radius 3 is 2.73 bits per heavy atom. The van der Waals surface area contributed by atoms with Gasteiger partial charge in [0.05, 0.1) is 7.11 Å². The largest absolute Gasteiger partial charge is 0.497 e. The van der Waals surface area contributed by atoms with Crippen LogP contribution in [0.25, 0.3) is 0 Å². The van der Waals surface area contributed by atoms with Gasteiger partial charge >= 0.3 is 0 Å². The minimum absolute atomic E-state index is 0. The van der Waals surface area contributed by atoms with Gasteiger partial charge in [-0.05, 0) is 17.7 Å². The van der Waals surface area contributed by atoms with Gasteiger partial charge in [-0.15, -0.1) is 17.0 Å². The molecule has 11 heavy (non-hydrogen) atoms. The topological polar surface area (TPSA) is 9.23 Å². The smallest absolute Gasteiger partial charge is 0.119 e. The second-order valence-electron chi connectivity index (χ2n) is 1.99. The first-order chi connectivity index (χ1) is 4.86. The molecule has 0 atom stereocenters. The highest BCUT2D eigenvalue weighted by Crippen LogP contribution is 2.14. The molecule has 0 unspecified atom stereocenters. The van der Waals surface area contributed by atoms with Gasteiger partial charge in [0.15, 0.2) is 0 Å². The van der Waals surface area contributed by atoms with Crippen LogP contribution in [0.15, 0.2) is 24.3 Å². The van der Waals surface area contributed by atoms with Crippen LogP contribution in [-0.2, 0) is 5.33 Å². The summed E-state index contributed by atoms with van der Waals surface area (Å²) >= 11 is 3.37. The van der Waals surface area contributed by atoms with E-state index < -0.39 is 0 Å². The molecule has 1 aromatic rings. The highest BCUT2D eigenvalue weighted by Gasteiger charge is 1.91. The molecule has 0 aliphatic rings. The maximum Gasteiger partial charge on any atom is 0.119 e. The molecule has 0 fully saturated rings. The first-order valence-corrected chi connectivity index (χ1v) is 4.18. The highest BCUT2D eigenvalue weighted by molar-refractivity contribution is 9.08. The standard InChI is InChI=1S/C8H9BrO.BrH/c1-10-8-4-2-3-7(5-8)6-9;/h2-5H,6H2,1H3;1H. The van der Waals surface area contributed by atoms with Gasteiger partial charge in [0.2, 0.25) is 0 Å². The molecule has 0 saturated heterocycles. The fourth-order valence-corrected chi connectivity index (χ4v) is 1.10. The number of benzene rings is 1. The van der Waals surface area contributed by atoms with Gasteiger partial charge in [0.1, 0.15) is 5.75 Å². The van der Waals surface area contributed by atoms with Gasteiger partial charge in [0, 0.05) is 5.33 Å². The number of hydrogen-bond donors (Lipinski definition) is 0. The Balaban J connectivity index is 0.000001000. The lowest BCUT2D eigenvalue weighted by Gasteiger charge is -1.99. The average molecular weight is 282 g/mol. The molecule has 1 aromatic carbocycles. The molecule has 0 aliphatic heterocycles. The fourth-order valence-electron chi connectivity index (χ4n) is 0.756. The third-order valence-corrected chi connectivity index (χ3v) is 1.94. The lowest BCUT2D eigenvalue weighted by Crippen LogP contribution is -1.83. The molecule has 0 N–H and O–H groups in total. The summed E-state index contributed by atoms with van der Waals surface area (Å²) in [5.41, 5.74) is 1.24. The molecule has 0 spiro atoms. The van der Waals surface area contributed by atoms with Crippen LogP contribution in [0.5, 0.6) is 5.75 Å². The van der Waals surface area contributed by atoms with Crippen LogP contribution < -0.4 is 4.74 Å². The number of methoxy groups -OCH3 is 1. The van der Waals surface area contributed by atoms with Crippen molar-refractivity contribution in [2.45, 2.75) is 5.33 Å². The van der Waals surface area contributed by atoms with Crippen molar-refractivity contribution in [3.05, 3.63) is 29.8 Å². The van der Waals surface area contributed by atoms with Gasteiger partial charge in [0.25, 0.3) is 0 Å². The summed E-state index contributed by atoms with van der Waals surface area (Å²) in [5.74, 6) is 0.914. The first-order valence-electron chi connectivity index (χ1n) is 3.05. The Kier molecular flexibility index (Phi) is 5.60. The summed E-state index contributed by atoms with van der Waals surface area (Å²) in [6.45, 7) is 0. The summed E-state index contributed by atoms with van der Waals surface area (Å²) in [6.07, 6.45) is 0. The van der Waals surface area contributed by atoms with Gasteiger partial charge in [-0.2, -0.15) is 0 Å². The molecule has 0 bridgehead atoms. The van der Waals surface area contributed by atoms with Gasteiger partial charge < -0.3 is 4.74 Å². The maximum absolute atomic E-state index is 5.04. The van der Waals surface area contributed by atoms with Gasteiger partial charge in [-0.3, -0.25) is 0 Å². The van der Waals surface area contributed by atoms with E-state index in [2.05, 4.69) is 22.0 Å². The van der Waals surface area contributed by atoms with Crippen molar-refractivity contribution in [2.24, 2.45) is 0 Å². The minimum Gasteiger partial charge on any atom is -0.497 e. The van der Waals surface area contributed by atoms with Crippen LogP contribution in [-0.4, -0.2) is 7.11 Å². The Labute approximate surface area is 85.7 Å². The summed E-state index contributed by atoms with van der Waals surface area (Å²) in [5, 5.41) is 0.879. The zero-order valence-corrected chi connectivity index (χ0v) is 9.51. The van der Waals surface area contributed by atoms with Crippen LogP contribution in [0.1, 0.15) is 5.56 Å². The summed E-state index contributed by atoms with van der Waals surface area (Å²) in [6, 6.07) is 7.98. The Hall–Kier alpha value is -0.0200. The normalized spacial score (nSPS) is 8.55. The van der Waals surface area contributed by atoms with Gasteiger partial charge in [-0.1, -0.05) is 28.1 Å². The van der Waals surface area contributed by atoms with E-state index in [9.17, 15) is 0 Å². The highest BCUT2D eigenvalue weighted by atomic mass is 79.9. The molecule has 0 radical (unpaired) electrons. The zero-order chi connectivity index (χ0) is 7.40. The number of alkyl halides is 1.